The number of methoxy groups -OCH3 is 1. The van der Waals surface area contributed by atoms with Gasteiger partial charge in [0.15, 0.2) is 0 Å². The highest BCUT2D eigenvalue weighted by atomic mass is 32.1. The summed E-state index contributed by atoms with van der Waals surface area (Å²) in [6.45, 7) is 4.20. The number of thiophene rings is 1. The molecule has 20 heavy (non-hydrogen) atoms. The summed E-state index contributed by atoms with van der Waals surface area (Å²) >= 11 is 1.55. The van der Waals surface area contributed by atoms with Gasteiger partial charge in [0.25, 0.3) is 5.91 Å². The van der Waals surface area contributed by atoms with E-state index in [4.69, 9.17) is 9.84 Å². The maximum atomic E-state index is 12.1. The van der Waals surface area contributed by atoms with Gasteiger partial charge >= 0.3 is 0 Å². The average Bonchev–Trinajstić information content (AvgIpc) is 2.91. The number of nitrogens with one attached hydrogen (secondary N) is 1. The lowest BCUT2D eigenvalue weighted by Crippen LogP contribution is -2.45. The molecule has 0 spiro atoms. The highest BCUT2D eigenvalue weighted by Crippen LogP contribution is 2.18. The van der Waals surface area contributed by atoms with Crippen molar-refractivity contribution in [2.24, 2.45) is 0 Å². The summed E-state index contributed by atoms with van der Waals surface area (Å²) in [4.78, 5) is 13.1. The minimum absolute atomic E-state index is 0.0614. The minimum Gasteiger partial charge on any atom is -0.395 e. The summed E-state index contributed by atoms with van der Waals surface area (Å²) in [5.74, 6) is 5.77. The number of carbonyl (C=O) groups excluding carboxylic acids is 1. The number of ether oxygens (including phenoxy) is 1. The fourth-order valence-electron chi connectivity index (χ4n) is 1.55. The highest BCUT2D eigenvalue weighted by molar-refractivity contribution is 7.10. The van der Waals surface area contributed by atoms with Gasteiger partial charge in [-0.2, -0.15) is 0 Å². The summed E-state index contributed by atoms with van der Waals surface area (Å²) in [7, 11) is 1.54. The molecule has 1 amide bonds. The standard InChI is InChI=1S/C15H21NO3S/c1-4-15(2,19-3)14(18)16-11-13-12(8-10-20-13)7-5-6-9-17/h8,10,17H,4,6,9,11H2,1-3H3,(H,16,18). The summed E-state index contributed by atoms with van der Waals surface area (Å²) in [5, 5.41) is 13.5. The molecule has 110 valence electrons. The molecule has 2 N–H and O–H groups in total. The third-order valence-corrected chi connectivity index (χ3v) is 4.14. The van der Waals surface area contributed by atoms with E-state index >= 15 is 0 Å². The zero-order valence-corrected chi connectivity index (χ0v) is 13.0. The van der Waals surface area contributed by atoms with Gasteiger partial charge in [0.05, 0.1) is 13.2 Å². The van der Waals surface area contributed by atoms with Gasteiger partial charge in [0.1, 0.15) is 5.60 Å². The molecular weight excluding hydrogens is 274 g/mol. The van der Waals surface area contributed by atoms with Crippen molar-refractivity contribution < 1.29 is 14.6 Å². The first kappa shape index (κ1) is 16.7. The van der Waals surface area contributed by atoms with Crippen LogP contribution in [0.4, 0.5) is 0 Å². The Morgan fingerprint density at radius 3 is 2.95 bits per heavy atom. The number of carbonyl (C=O) groups is 1. The van der Waals surface area contributed by atoms with Crippen LogP contribution in [-0.2, 0) is 16.1 Å². The topological polar surface area (TPSA) is 58.6 Å². The van der Waals surface area contributed by atoms with Crippen LogP contribution < -0.4 is 5.32 Å². The van der Waals surface area contributed by atoms with Crippen molar-refractivity contribution in [3.63, 3.8) is 0 Å². The second-order valence-electron chi connectivity index (χ2n) is 4.50. The lowest BCUT2D eigenvalue weighted by atomic mass is 10.0. The van der Waals surface area contributed by atoms with Gasteiger partial charge in [-0.05, 0) is 24.8 Å². The van der Waals surface area contributed by atoms with Gasteiger partial charge in [-0.1, -0.05) is 18.8 Å². The second kappa shape index (κ2) is 8.05. The fraction of sp³-hybridized carbons (Fsp3) is 0.533. The Labute approximate surface area is 124 Å². The molecule has 1 rings (SSSR count). The van der Waals surface area contributed by atoms with E-state index < -0.39 is 5.60 Å². The molecule has 0 aromatic carbocycles. The molecule has 0 fully saturated rings. The maximum Gasteiger partial charge on any atom is 0.252 e. The summed E-state index contributed by atoms with van der Waals surface area (Å²) < 4.78 is 5.26. The predicted octanol–water partition coefficient (Wildman–Crippen LogP) is 1.91. The molecule has 0 aliphatic carbocycles. The predicted molar refractivity (Wildman–Crippen MR) is 80.5 cm³/mol. The van der Waals surface area contributed by atoms with Gasteiger partial charge in [-0.3, -0.25) is 4.79 Å². The number of aliphatic hydroxyl groups excluding tert-OH is 1. The molecule has 1 aromatic rings. The van der Waals surface area contributed by atoms with Crippen molar-refractivity contribution in [3.8, 4) is 11.8 Å². The van der Waals surface area contributed by atoms with Crippen LogP contribution in [0.15, 0.2) is 11.4 Å². The molecule has 0 aliphatic rings. The van der Waals surface area contributed by atoms with Gasteiger partial charge in [-0.25, -0.2) is 0 Å². The zero-order valence-electron chi connectivity index (χ0n) is 12.2. The average molecular weight is 295 g/mol. The van der Waals surface area contributed by atoms with Crippen molar-refractivity contribution in [2.45, 2.75) is 38.8 Å². The molecule has 0 radical (unpaired) electrons. The van der Waals surface area contributed by atoms with Gasteiger partial charge < -0.3 is 15.2 Å². The molecule has 0 saturated carbocycles. The van der Waals surface area contributed by atoms with E-state index in [0.29, 0.717) is 19.4 Å². The van der Waals surface area contributed by atoms with Crippen LogP contribution in [0.25, 0.3) is 0 Å². The van der Waals surface area contributed by atoms with Gasteiger partial charge in [0.2, 0.25) is 0 Å². The normalized spacial score (nSPS) is 13.2. The molecule has 1 atom stereocenters. The van der Waals surface area contributed by atoms with E-state index in [1.54, 1.807) is 25.4 Å². The first-order valence-electron chi connectivity index (χ1n) is 6.57. The van der Waals surface area contributed by atoms with E-state index in [9.17, 15) is 4.79 Å². The maximum absolute atomic E-state index is 12.1. The number of aliphatic hydroxyl groups is 1. The lowest BCUT2D eigenvalue weighted by molar-refractivity contribution is -0.141. The number of rotatable bonds is 6. The zero-order chi connectivity index (χ0) is 15.0. The first-order valence-corrected chi connectivity index (χ1v) is 7.45. The van der Waals surface area contributed by atoms with Crippen LogP contribution in [0.5, 0.6) is 0 Å². The van der Waals surface area contributed by atoms with Crippen LogP contribution in [0, 0.1) is 11.8 Å². The van der Waals surface area contributed by atoms with Crippen molar-refractivity contribution in [1.29, 1.82) is 0 Å². The number of hydrogen-bond donors (Lipinski definition) is 2. The minimum atomic E-state index is -0.792. The summed E-state index contributed by atoms with van der Waals surface area (Å²) in [6, 6.07) is 1.92. The van der Waals surface area contributed by atoms with Crippen molar-refractivity contribution in [1.82, 2.24) is 5.32 Å². The van der Waals surface area contributed by atoms with Crippen LogP contribution in [0.2, 0.25) is 0 Å². The van der Waals surface area contributed by atoms with E-state index in [0.717, 1.165) is 10.4 Å². The molecule has 1 aromatic heterocycles. The van der Waals surface area contributed by atoms with Crippen molar-refractivity contribution in [2.75, 3.05) is 13.7 Å². The molecule has 0 aliphatic heterocycles. The van der Waals surface area contributed by atoms with Crippen LogP contribution in [0.1, 0.15) is 37.1 Å². The molecule has 1 heterocycles. The molecule has 0 bridgehead atoms. The summed E-state index contributed by atoms with van der Waals surface area (Å²) in [5.41, 5.74) is 0.111. The van der Waals surface area contributed by atoms with Crippen molar-refractivity contribution in [3.05, 3.63) is 21.9 Å². The SMILES string of the molecule is CCC(C)(OC)C(=O)NCc1sccc1C#CCCO. The highest BCUT2D eigenvalue weighted by Gasteiger charge is 2.30. The van der Waals surface area contributed by atoms with E-state index in [-0.39, 0.29) is 12.5 Å². The Bertz CT molecular complexity index is 495. The van der Waals surface area contributed by atoms with Crippen LogP contribution in [0.3, 0.4) is 0 Å². The number of hydrogen-bond acceptors (Lipinski definition) is 4. The second-order valence-corrected chi connectivity index (χ2v) is 5.50. The Hall–Kier alpha value is -1.35. The molecule has 5 heteroatoms. The molecular formula is C15H21NO3S. The third-order valence-electron chi connectivity index (χ3n) is 3.22. The molecule has 1 unspecified atom stereocenters. The van der Waals surface area contributed by atoms with E-state index in [1.165, 1.54) is 0 Å². The Kier molecular flexibility index (Phi) is 6.73. The van der Waals surface area contributed by atoms with Gasteiger partial charge in [-0.15, -0.1) is 11.3 Å². The Balaban J connectivity index is 2.65. The molecule has 4 nitrogen and oxygen atoms in total. The van der Waals surface area contributed by atoms with Crippen LogP contribution in [-0.4, -0.2) is 30.3 Å². The number of amides is 1. The smallest absolute Gasteiger partial charge is 0.252 e. The lowest BCUT2D eigenvalue weighted by Gasteiger charge is -2.25. The van der Waals surface area contributed by atoms with E-state index in [2.05, 4.69) is 17.2 Å². The Morgan fingerprint density at radius 2 is 2.35 bits per heavy atom. The van der Waals surface area contributed by atoms with Crippen molar-refractivity contribution >= 4 is 17.2 Å². The first-order chi connectivity index (χ1) is 9.57. The van der Waals surface area contributed by atoms with Crippen LogP contribution >= 0.6 is 11.3 Å². The fourth-order valence-corrected chi connectivity index (χ4v) is 2.32. The Morgan fingerprint density at radius 1 is 1.60 bits per heavy atom. The molecule has 0 saturated heterocycles. The van der Waals surface area contributed by atoms with E-state index in [1.807, 2.05) is 18.4 Å². The monoisotopic (exact) mass is 295 g/mol. The van der Waals surface area contributed by atoms with Gasteiger partial charge in [0, 0.05) is 24.0 Å². The summed E-state index contributed by atoms with van der Waals surface area (Å²) in [6.07, 6.45) is 1.07. The largest absolute Gasteiger partial charge is 0.395 e. The third kappa shape index (κ3) is 4.34. The quantitative estimate of drug-likeness (QED) is 0.788.